The highest BCUT2D eigenvalue weighted by Crippen LogP contribution is 2.37. The van der Waals surface area contributed by atoms with E-state index >= 15 is 0 Å². The number of nitrogens with zero attached hydrogens (tertiary/aromatic N) is 2. The van der Waals surface area contributed by atoms with Crippen molar-refractivity contribution < 1.29 is 19.0 Å². The highest BCUT2D eigenvalue weighted by Gasteiger charge is 2.36. The number of hydrogen-bond acceptors (Lipinski definition) is 5. The first-order valence-electron chi connectivity index (χ1n) is 10.6. The van der Waals surface area contributed by atoms with Crippen molar-refractivity contribution in [3.63, 3.8) is 0 Å². The van der Waals surface area contributed by atoms with Crippen molar-refractivity contribution in [1.82, 2.24) is 9.88 Å². The van der Waals surface area contributed by atoms with Crippen LogP contribution in [0.3, 0.4) is 0 Å². The molecule has 3 rings (SSSR count). The van der Waals surface area contributed by atoms with Crippen LogP contribution in [-0.4, -0.2) is 40.6 Å². The maximum Gasteiger partial charge on any atom is 0.222 e. The minimum atomic E-state index is -0.988. The molecule has 30 heavy (non-hydrogen) atoms. The van der Waals surface area contributed by atoms with Gasteiger partial charge in [0.05, 0.1) is 12.3 Å². The van der Waals surface area contributed by atoms with Crippen LogP contribution in [0.5, 0.6) is 5.75 Å². The Balaban J connectivity index is 1.60. The van der Waals surface area contributed by atoms with Gasteiger partial charge in [0.25, 0.3) is 0 Å². The zero-order valence-electron chi connectivity index (χ0n) is 18.0. The quantitative estimate of drug-likeness (QED) is 0.699. The van der Waals surface area contributed by atoms with Gasteiger partial charge in [-0.15, -0.1) is 11.3 Å². The molecule has 1 amide bonds. The number of carbonyl (C=O) groups excluding carboxylic acids is 1. The number of benzene rings is 1. The van der Waals surface area contributed by atoms with Gasteiger partial charge in [-0.3, -0.25) is 4.79 Å². The molecule has 1 fully saturated rings. The fraction of sp³-hybridized carbons (Fsp3) is 0.565. The molecule has 1 aliphatic heterocycles. The number of rotatable bonds is 7. The first kappa shape index (κ1) is 22.7. The predicted molar refractivity (Wildman–Crippen MR) is 116 cm³/mol. The third-order valence-corrected chi connectivity index (χ3v) is 6.86. The van der Waals surface area contributed by atoms with Crippen LogP contribution in [0.25, 0.3) is 0 Å². The molecular formula is C23H31FN2O3S. The lowest BCUT2D eigenvalue weighted by molar-refractivity contribution is -0.132. The standard InChI is InChI=1S/C23H31FN2O3S/c1-16(2)15-21(27)26-12-4-10-23(28,11-13-26)22-25-17(3)20(30-22)9-14-29-19-7-5-18(24)6-8-19/h5-8,16,28H,4,9-15H2,1-3H3/t23-/m0/s1. The van der Waals surface area contributed by atoms with Crippen LogP contribution >= 0.6 is 11.3 Å². The smallest absolute Gasteiger partial charge is 0.222 e. The third-order valence-electron chi connectivity index (χ3n) is 5.45. The largest absolute Gasteiger partial charge is 0.493 e. The van der Waals surface area contributed by atoms with E-state index in [4.69, 9.17) is 4.74 Å². The second-order valence-corrected chi connectivity index (χ2v) is 9.53. The maximum absolute atomic E-state index is 13.0. The first-order chi connectivity index (χ1) is 14.3. The number of likely N-dealkylation sites (tertiary alicyclic amines) is 1. The molecule has 0 saturated carbocycles. The average Bonchev–Trinajstić information content (AvgIpc) is 2.94. The van der Waals surface area contributed by atoms with Gasteiger partial charge in [-0.2, -0.15) is 0 Å². The first-order valence-corrected chi connectivity index (χ1v) is 11.4. The number of carbonyl (C=O) groups is 1. The van der Waals surface area contributed by atoms with Gasteiger partial charge < -0.3 is 14.7 Å². The van der Waals surface area contributed by atoms with Crippen molar-refractivity contribution in [2.75, 3.05) is 19.7 Å². The van der Waals surface area contributed by atoms with Crippen molar-refractivity contribution in [2.45, 2.75) is 58.5 Å². The number of halogens is 1. The van der Waals surface area contributed by atoms with Crippen LogP contribution in [0.1, 0.15) is 55.1 Å². The number of thiazole rings is 1. The highest BCUT2D eigenvalue weighted by molar-refractivity contribution is 7.11. The molecule has 0 spiro atoms. The summed E-state index contributed by atoms with van der Waals surface area (Å²) < 4.78 is 18.7. The second-order valence-electron chi connectivity index (χ2n) is 8.44. The molecule has 1 aromatic carbocycles. The SMILES string of the molecule is Cc1nc([C@]2(O)CCCN(C(=O)CC(C)C)CC2)sc1CCOc1ccc(F)cc1. The summed E-state index contributed by atoms with van der Waals surface area (Å²) in [4.78, 5) is 20.0. The van der Waals surface area contributed by atoms with E-state index in [1.54, 1.807) is 12.1 Å². The van der Waals surface area contributed by atoms with Gasteiger partial charge in [0, 0.05) is 37.2 Å². The van der Waals surface area contributed by atoms with Crippen molar-refractivity contribution in [1.29, 1.82) is 0 Å². The van der Waals surface area contributed by atoms with E-state index in [2.05, 4.69) is 4.98 Å². The van der Waals surface area contributed by atoms with Gasteiger partial charge in [-0.1, -0.05) is 13.8 Å². The van der Waals surface area contributed by atoms with Crippen molar-refractivity contribution in [3.8, 4) is 5.75 Å². The Morgan fingerprint density at radius 2 is 2.03 bits per heavy atom. The Hall–Kier alpha value is -1.99. The molecule has 1 aromatic heterocycles. The van der Waals surface area contributed by atoms with Gasteiger partial charge in [-0.05, 0) is 49.9 Å². The fourth-order valence-electron chi connectivity index (χ4n) is 3.71. The number of ether oxygens (including phenoxy) is 1. The summed E-state index contributed by atoms with van der Waals surface area (Å²) in [5.74, 6) is 0.850. The van der Waals surface area contributed by atoms with Crippen molar-refractivity contribution in [2.24, 2.45) is 5.92 Å². The van der Waals surface area contributed by atoms with Crippen LogP contribution in [-0.2, 0) is 16.8 Å². The summed E-state index contributed by atoms with van der Waals surface area (Å²) in [5, 5.41) is 12.0. The Labute approximate surface area is 181 Å². The lowest BCUT2D eigenvalue weighted by Gasteiger charge is -2.25. The number of amides is 1. The van der Waals surface area contributed by atoms with Gasteiger partial charge in [0.15, 0.2) is 0 Å². The molecule has 5 nitrogen and oxygen atoms in total. The summed E-state index contributed by atoms with van der Waals surface area (Å²) in [7, 11) is 0. The minimum absolute atomic E-state index is 0.170. The Kier molecular flexibility index (Phi) is 7.47. The molecular weight excluding hydrogens is 403 g/mol. The lowest BCUT2D eigenvalue weighted by atomic mass is 9.96. The average molecular weight is 435 g/mol. The van der Waals surface area contributed by atoms with E-state index in [1.807, 2.05) is 25.7 Å². The van der Waals surface area contributed by atoms with Gasteiger partial charge in [0.2, 0.25) is 5.91 Å². The van der Waals surface area contributed by atoms with Gasteiger partial charge in [0.1, 0.15) is 22.2 Å². The molecule has 0 bridgehead atoms. The van der Waals surface area contributed by atoms with E-state index in [0.717, 1.165) is 22.0 Å². The van der Waals surface area contributed by atoms with Gasteiger partial charge >= 0.3 is 0 Å². The van der Waals surface area contributed by atoms with Crippen LogP contribution in [0, 0.1) is 18.7 Å². The molecule has 7 heteroatoms. The second kappa shape index (κ2) is 9.88. The summed E-state index contributed by atoms with van der Waals surface area (Å²) in [6, 6.07) is 5.98. The molecule has 0 radical (unpaired) electrons. The summed E-state index contributed by atoms with van der Waals surface area (Å²) in [6.07, 6.45) is 3.11. The van der Waals surface area contributed by atoms with E-state index < -0.39 is 5.60 Å². The zero-order chi connectivity index (χ0) is 21.7. The van der Waals surface area contributed by atoms with E-state index in [-0.39, 0.29) is 11.7 Å². The fourth-order valence-corrected chi connectivity index (χ4v) is 4.90. The van der Waals surface area contributed by atoms with Crippen LogP contribution in [0.2, 0.25) is 0 Å². The zero-order valence-corrected chi connectivity index (χ0v) is 18.8. The molecule has 1 atom stereocenters. The number of aryl methyl sites for hydroxylation is 1. The Morgan fingerprint density at radius 1 is 1.30 bits per heavy atom. The number of hydrogen-bond donors (Lipinski definition) is 1. The molecule has 1 saturated heterocycles. The summed E-state index contributed by atoms with van der Waals surface area (Å²) in [6.45, 7) is 7.76. The monoisotopic (exact) mass is 434 g/mol. The highest BCUT2D eigenvalue weighted by atomic mass is 32.1. The Bertz CT molecular complexity index is 853. The molecule has 1 N–H and O–H groups in total. The molecule has 1 aliphatic rings. The van der Waals surface area contributed by atoms with Crippen LogP contribution in [0.15, 0.2) is 24.3 Å². The Morgan fingerprint density at radius 3 is 2.73 bits per heavy atom. The van der Waals surface area contributed by atoms with Crippen molar-refractivity contribution >= 4 is 17.2 Å². The molecule has 0 unspecified atom stereocenters. The van der Waals surface area contributed by atoms with Crippen LogP contribution in [0.4, 0.5) is 4.39 Å². The molecule has 0 aliphatic carbocycles. The molecule has 2 aromatic rings. The minimum Gasteiger partial charge on any atom is -0.493 e. The van der Waals surface area contributed by atoms with E-state index in [9.17, 15) is 14.3 Å². The predicted octanol–water partition coefficient (Wildman–Crippen LogP) is 4.46. The van der Waals surface area contributed by atoms with E-state index in [0.29, 0.717) is 57.0 Å². The van der Waals surface area contributed by atoms with Gasteiger partial charge in [-0.25, -0.2) is 9.37 Å². The molecule has 164 valence electrons. The summed E-state index contributed by atoms with van der Waals surface area (Å²) >= 11 is 1.53. The summed E-state index contributed by atoms with van der Waals surface area (Å²) in [5.41, 5.74) is -0.0821. The van der Waals surface area contributed by atoms with E-state index in [1.165, 1.54) is 23.5 Å². The third kappa shape index (κ3) is 5.79. The lowest BCUT2D eigenvalue weighted by Crippen LogP contribution is -2.34. The molecule has 2 heterocycles. The number of aromatic nitrogens is 1. The topological polar surface area (TPSA) is 62.7 Å². The van der Waals surface area contributed by atoms with Crippen LogP contribution < -0.4 is 4.74 Å². The normalized spacial score (nSPS) is 19.7. The van der Waals surface area contributed by atoms with Crippen molar-refractivity contribution in [3.05, 3.63) is 45.7 Å². The maximum atomic E-state index is 13.0. The number of aliphatic hydroxyl groups is 1.